The molecule has 1 atom stereocenters. The van der Waals surface area contributed by atoms with Gasteiger partial charge in [0.25, 0.3) is 5.91 Å². The number of aliphatic imine (C=N–C) groups is 1. The molecule has 0 spiro atoms. The molecule has 2 fully saturated rings. The smallest absolute Gasteiger partial charge is 0.410 e. The maximum Gasteiger partial charge on any atom is 0.415 e. The third-order valence-corrected chi connectivity index (χ3v) is 6.57. The number of rotatable bonds is 3. The number of carbonyl (C=O) groups excluding carboxylic acids is 2. The van der Waals surface area contributed by atoms with Crippen molar-refractivity contribution in [3.05, 3.63) is 34.5 Å². The zero-order valence-corrected chi connectivity index (χ0v) is 20.9. The van der Waals surface area contributed by atoms with Gasteiger partial charge in [-0.05, 0) is 69.4 Å². The number of likely N-dealkylation sites (N-methyl/N-ethyl adjacent to an activating group) is 1. The Morgan fingerprint density at radius 3 is 2.76 bits per heavy atom. The van der Waals surface area contributed by atoms with Crippen LogP contribution in [0.25, 0.3) is 6.08 Å². The number of benzene rings is 1. The second-order valence-corrected chi connectivity index (χ2v) is 8.99. The van der Waals surface area contributed by atoms with Crippen LogP contribution in [-0.2, 0) is 4.79 Å². The summed E-state index contributed by atoms with van der Waals surface area (Å²) >= 11 is 1.23. The number of nitrogens with one attached hydrogen (secondary N) is 1. The van der Waals surface area contributed by atoms with Gasteiger partial charge >= 0.3 is 6.09 Å². The van der Waals surface area contributed by atoms with Crippen LogP contribution < -0.4 is 10.2 Å². The van der Waals surface area contributed by atoms with Crippen molar-refractivity contribution in [1.82, 2.24) is 20.2 Å². The highest BCUT2D eigenvalue weighted by Gasteiger charge is 2.30. The van der Waals surface area contributed by atoms with Crippen molar-refractivity contribution in [2.24, 2.45) is 4.99 Å². The molecule has 0 unspecified atom stereocenters. The number of hydrazine groups is 1. The summed E-state index contributed by atoms with van der Waals surface area (Å²) in [7, 11) is 3.96. The first-order valence-electron chi connectivity index (χ1n) is 10.4. The van der Waals surface area contributed by atoms with Gasteiger partial charge in [0.1, 0.15) is 11.6 Å². The van der Waals surface area contributed by atoms with E-state index in [1.165, 1.54) is 36.0 Å². The Morgan fingerprint density at radius 2 is 2.09 bits per heavy atom. The molecule has 0 saturated carbocycles. The molecule has 12 heteroatoms. The number of nitrogens with zero attached hydrogens (tertiary/aromatic N) is 4. The monoisotopic (exact) mass is 519 g/mol. The van der Waals surface area contributed by atoms with Crippen molar-refractivity contribution in [1.29, 1.82) is 0 Å². The number of ether oxygens (including phenoxy) is 1. The van der Waals surface area contributed by atoms with Crippen LogP contribution in [0.1, 0.15) is 24.8 Å². The Hall–Kier alpha value is -1.85. The molecule has 3 heterocycles. The topological polar surface area (TPSA) is 77.5 Å². The van der Waals surface area contributed by atoms with Crippen LogP contribution in [0.3, 0.4) is 0 Å². The third-order valence-electron chi connectivity index (χ3n) is 5.56. The first-order valence-corrected chi connectivity index (χ1v) is 11.2. The van der Waals surface area contributed by atoms with Gasteiger partial charge in [0.15, 0.2) is 5.17 Å². The average Bonchev–Trinajstić information content (AvgIpc) is 3.38. The minimum Gasteiger partial charge on any atom is -0.410 e. The predicted octanol–water partition coefficient (Wildman–Crippen LogP) is 3.37. The van der Waals surface area contributed by atoms with Crippen molar-refractivity contribution in [2.45, 2.75) is 25.3 Å². The summed E-state index contributed by atoms with van der Waals surface area (Å²) in [6.07, 6.45) is 4.03. The normalized spacial score (nSPS) is 21.7. The fourth-order valence-corrected chi connectivity index (χ4v) is 4.63. The highest BCUT2D eigenvalue weighted by molar-refractivity contribution is 8.18. The Balaban J connectivity index is 0.00000193. The number of amides is 2. The molecule has 0 bridgehead atoms. The van der Waals surface area contributed by atoms with E-state index in [-0.39, 0.29) is 42.5 Å². The third kappa shape index (κ3) is 6.60. The number of carbonyl (C=O) groups is 2. The van der Waals surface area contributed by atoms with Crippen molar-refractivity contribution < 1.29 is 18.7 Å². The van der Waals surface area contributed by atoms with Gasteiger partial charge in [0, 0.05) is 37.8 Å². The maximum absolute atomic E-state index is 13.9. The van der Waals surface area contributed by atoms with E-state index < -0.39 is 11.9 Å². The van der Waals surface area contributed by atoms with E-state index in [1.807, 2.05) is 19.1 Å². The lowest BCUT2D eigenvalue weighted by atomic mass is 10.2. The van der Waals surface area contributed by atoms with Gasteiger partial charge < -0.3 is 14.5 Å². The molecule has 33 heavy (non-hydrogen) atoms. The summed E-state index contributed by atoms with van der Waals surface area (Å²) in [6.45, 7) is 2.80. The lowest BCUT2D eigenvalue weighted by Crippen LogP contribution is -2.45. The summed E-state index contributed by atoms with van der Waals surface area (Å²) < 4.78 is 19.5. The maximum atomic E-state index is 13.9. The van der Waals surface area contributed by atoms with E-state index in [0.29, 0.717) is 28.7 Å². The number of thioether (sulfide) groups is 1. The van der Waals surface area contributed by atoms with Crippen molar-refractivity contribution in [2.75, 3.05) is 40.3 Å². The Morgan fingerprint density at radius 1 is 1.30 bits per heavy atom. The summed E-state index contributed by atoms with van der Waals surface area (Å²) in [5.41, 5.74) is 3.55. The van der Waals surface area contributed by atoms with Gasteiger partial charge in [-0.25, -0.2) is 14.6 Å². The Labute approximate surface area is 209 Å². The summed E-state index contributed by atoms with van der Waals surface area (Å²) in [5.74, 6) is -0.651. The molecular weight excluding hydrogens is 492 g/mol. The van der Waals surface area contributed by atoms with Crippen LogP contribution in [0.4, 0.5) is 9.18 Å². The lowest BCUT2D eigenvalue weighted by Gasteiger charge is -2.28. The van der Waals surface area contributed by atoms with Gasteiger partial charge in [-0.15, -0.1) is 24.8 Å². The SMILES string of the molecule is CN(C)[C@@H]1CCN(C(=O)Oc2ccc(F)cc2/C=C2/SC(N3CCCCN3)=NC2=O)C1.Cl.Cl. The Kier molecular flexibility index (Phi) is 9.99. The minimum atomic E-state index is -0.477. The first kappa shape index (κ1) is 27.4. The standard InChI is InChI=1S/C21H26FN5O3S.2ClH/c1-25(2)16-7-10-26(13-16)21(29)30-17-6-5-15(22)11-14(17)12-18-19(28)24-20(31-18)27-9-4-3-8-23-27;;/h5-6,11-12,16,23H,3-4,7-10,13H2,1-2H3;2*1H/b18-12+;;/t16-;;/m1../s1. The summed E-state index contributed by atoms with van der Waals surface area (Å²) in [5, 5.41) is 2.45. The first-order chi connectivity index (χ1) is 14.9. The van der Waals surface area contributed by atoms with Crippen molar-refractivity contribution in [3.63, 3.8) is 0 Å². The van der Waals surface area contributed by atoms with Crippen LogP contribution in [0.2, 0.25) is 0 Å². The number of hydrogen-bond acceptors (Lipinski definition) is 7. The van der Waals surface area contributed by atoms with Gasteiger partial charge in [0.2, 0.25) is 0 Å². The quantitative estimate of drug-likeness (QED) is 0.613. The number of halogens is 3. The van der Waals surface area contributed by atoms with Crippen LogP contribution in [0, 0.1) is 5.82 Å². The molecule has 3 aliphatic heterocycles. The fourth-order valence-electron chi connectivity index (χ4n) is 3.72. The Bertz CT molecular complexity index is 940. The van der Waals surface area contributed by atoms with Crippen LogP contribution >= 0.6 is 36.6 Å². The molecule has 3 aliphatic rings. The zero-order chi connectivity index (χ0) is 22.0. The van der Waals surface area contributed by atoms with E-state index in [2.05, 4.69) is 15.3 Å². The van der Waals surface area contributed by atoms with Gasteiger partial charge in [-0.2, -0.15) is 4.99 Å². The highest BCUT2D eigenvalue weighted by atomic mass is 35.5. The average molecular weight is 520 g/mol. The van der Waals surface area contributed by atoms with Gasteiger partial charge in [-0.1, -0.05) is 0 Å². The van der Waals surface area contributed by atoms with Crippen LogP contribution in [0.5, 0.6) is 5.75 Å². The predicted molar refractivity (Wildman–Crippen MR) is 133 cm³/mol. The molecular formula is C21H28Cl2FN5O3S. The molecule has 0 radical (unpaired) electrons. The molecule has 1 N–H and O–H groups in total. The van der Waals surface area contributed by atoms with Crippen molar-refractivity contribution >= 4 is 59.8 Å². The van der Waals surface area contributed by atoms with E-state index in [1.54, 1.807) is 4.90 Å². The zero-order valence-electron chi connectivity index (χ0n) is 18.5. The molecule has 8 nitrogen and oxygen atoms in total. The molecule has 0 aliphatic carbocycles. The van der Waals surface area contributed by atoms with Crippen LogP contribution in [-0.4, -0.2) is 78.3 Å². The summed E-state index contributed by atoms with van der Waals surface area (Å²) in [4.78, 5) is 33.3. The second-order valence-electron chi connectivity index (χ2n) is 7.98. The van der Waals surface area contributed by atoms with E-state index in [0.717, 1.165) is 32.4 Å². The molecule has 1 aromatic rings. The molecule has 2 saturated heterocycles. The molecule has 0 aromatic heterocycles. The lowest BCUT2D eigenvalue weighted by molar-refractivity contribution is -0.113. The molecule has 182 valence electrons. The number of hydrogen-bond donors (Lipinski definition) is 1. The fraction of sp³-hybridized carbons (Fsp3) is 0.476. The van der Waals surface area contributed by atoms with Gasteiger partial charge in [-0.3, -0.25) is 9.80 Å². The largest absolute Gasteiger partial charge is 0.415 e. The van der Waals surface area contributed by atoms with Crippen molar-refractivity contribution in [3.8, 4) is 5.75 Å². The number of amidine groups is 1. The second kappa shape index (κ2) is 12.0. The van der Waals surface area contributed by atoms with E-state index in [4.69, 9.17) is 4.74 Å². The molecule has 4 rings (SSSR count). The number of likely N-dealkylation sites (tertiary alicyclic amines) is 1. The van der Waals surface area contributed by atoms with E-state index >= 15 is 0 Å². The summed E-state index contributed by atoms with van der Waals surface area (Å²) in [6, 6.07) is 4.19. The van der Waals surface area contributed by atoms with Gasteiger partial charge in [0.05, 0.1) is 4.91 Å². The van der Waals surface area contributed by atoms with Crippen LogP contribution in [0.15, 0.2) is 28.1 Å². The minimum absolute atomic E-state index is 0. The molecule has 2 amide bonds. The molecule has 1 aromatic carbocycles. The highest BCUT2D eigenvalue weighted by Crippen LogP contribution is 2.33. The van der Waals surface area contributed by atoms with E-state index in [9.17, 15) is 14.0 Å².